The van der Waals surface area contributed by atoms with E-state index in [-0.39, 0.29) is 0 Å². The minimum Gasteiger partial charge on any atom is -0.351 e. The van der Waals surface area contributed by atoms with Crippen LogP contribution in [0.15, 0.2) is 24.3 Å². The molecule has 2 unspecified atom stereocenters. The Kier molecular flexibility index (Phi) is 5.10. The molecule has 0 spiro atoms. The number of anilines is 1. The molecular weight excluding hydrogens is 258 g/mol. The number of carbonyl (C=O) groups excluding carboxylic acids is 1. The Morgan fingerprint density at radius 1 is 1.42 bits per heavy atom. The van der Waals surface area contributed by atoms with E-state index in [2.05, 4.69) is 17.6 Å². The number of amides is 2. The average Bonchev–Trinajstić information content (AvgIpc) is 2.40. The van der Waals surface area contributed by atoms with Crippen LogP contribution in [0.4, 0.5) is 10.5 Å². The average molecular weight is 279 g/mol. The van der Waals surface area contributed by atoms with Crippen LogP contribution in [0.1, 0.15) is 31.4 Å². The summed E-state index contributed by atoms with van der Waals surface area (Å²) in [5.41, 5.74) is 7.04. The predicted octanol–water partition coefficient (Wildman–Crippen LogP) is 2.72. The van der Waals surface area contributed by atoms with Gasteiger partial charge in [-0.2, -0.15) is 11.8 Å². The molecule has 0 bridgehead atoms. The molecular formula is C14H21N3OS. The van der Waals surface area contributed by atoms with Crippen molar-refractivity contribution in [3.8, 4) is 0 Å². The second-order valence-corrected chi connectivity index (χ2v) is 6.06. The van der Waals surface area contributed by atoms with E-state index in [0.29, 0.717) is 12.1 Å². The van der Waals surface area contributed by atoms with Gasteiger partial charge in [0.2, 0.25) is 0 Å². The summed E-state index contributed by atoms with van der Waals surface area (Å²) in [4.78, 5) is 10.7. The predicted molar refractivity (Wildman–Crippen MR) is 81.5 cm³/mol. The number of thioether (sulfide) groups is 1. The molecule has 4 N–H and O–H groups in total. The zero-order valence-electron chi connectivity index (χ0n) is 11.2. The highest BCUT2D eigenvalue weighted by Gasteiger charge is 2.16. The van der Waals surface area contributed by atoms with Gasteiger partial charge in [0.15, 0.2) is 0 Å². The zero-order valence-corrected chi connectivity index (χ0v) is 12.0. The highest BCUT2D eigenvalue weighted by molar-refractivity contribution is 7.99. The van der Waals surface area contributed by atoms with Crippen molar-refractivity contribution in [2.75, 3.05) is 16.8 Å². The first kappa shape index (κ1) is 14.2. The zero-order chi connectivity index (χ0) is 13.7. The summed E-state index contributed by atoms with van der Waals surface area (Å²) in [6, 6.07) is 8.22. The third-order valence-corrected chi connectivity index (χ3v) is 4.54. The van der Waals surface area contributed by atoms with Gasteiger partial charge in [-0.1, -0.05) is 12.1 Å². The van der Waals surface area contributed by atoms with Gasteiger partial charge >= 0.3 is 6.03 Å². The Labute approximate surface area is 118 Å². The van der Waals surface area contributed by atoms with Crippen LogP contribution in [0, 0.1) is 0 Å². The summed E-state index contributed by atoms with van der Waals surface area (Å²) in [6.07, 6.45) is 2.56. The SMILES string of the molecule is CC(NC1CCCSC1)c1ccc(NC(N)=O)cc1. The largest absolute Gasteiger partial charge is 0.351 e. The van der Waals surface area contributed by atoms with E-state index >= 15 is 0 Å². The molecule has 1 aliphatic heterocycles. The minimum absolute atomic E-state index is 0.325. The lowest BCUT2D eigenvalue weighted by molar-refractivity contribution is 0.259. The molecule has 104 valence electrons. The van der Waals surface area contributed by atoms with Crippen LogP contribution in [-0.4, -0.2) is 23.6 Å². The molecule has 5 heteroatoms. The molecule has 1 heterocycles. The first-order chi connectivity index (χ1) is 9.15. The number of hydrogen-bond acceptors (Lipinski definition) is 3. The smallest absolute Gasteiger partial charge is 0.316 e. The van der Waals surface area contributed by atoms with Gasteiger partial charge in [-0.25, -0.2) is 4.79 Å². The van der Waals surface area contributed by atoms with Crippen molar-refractivity contribution < 1.29 is 4.79 Å². The normalized spacial score (nSPS) is 20.8. The second kappa shape index (κ2) is 6.82. The lowest BCUT2D eigenvalue weighted by Gasteiger charge is -2.26. The molecule has 0 aliphatic carbocycles. The fourth-order valence-corrected chi connectivity index (χ4v) is 3.40. The molecule has 4 nitrogen and oxygen atoms in total. The molecule has 2 rings (SSSR count). The summed E-state index contributed by atoms with van der Waals surface area (Å²) >= 11 is 2.03. The van der Waals surface area contributed by atoms with E-state index < -0.39 is 6.03 Å². The number of primary amides is 1. The van der Waals surface area contributed by atoms with E-state index in [9.17, 15) is 4.79 Å². The maximum atomic E-state index is 10.7. The molecule has 2 amide bonds. The monoisotopic (exact) mass is 279 g/mol. The molecule has 1 fully saturated rings. The lowest BCUT2D eigenvalue weighted by atomic mass is 10.1. The Morgan fingerprint density at radius 2 is 2.16 bits per heavy atom. The van der Waals surface area contributed by atoms with Gasteiger partial charge < -0.3 is 16.4 Å². The van der Waals surface area contributed by atoms with Crippen LogP contribution in [0.25, 0.3) is 0 Å². The summed E-state index contributed by atoms with van der Waals surface area (Å²) in [5, 5.41) is 6.23. The Hall–Kier alpha value is -1.20. The van der Waals surface area contributed by atoms with Crippen molar-refractivity contribution in [1.29, 1.82) is 0 Å². The van der Waals surface area contributed by atoms with E-state index in [1.54, 1.807) is 0 Å². The van der Waals surface area contributed by atoms with Gasteiger partial charge in [0, 0.05) is 23.5 Å². The third kappa shape index (κ3) is 4.44. The Balaban J connectivity index is 1.91. The molecule has 1 saturated heterocycles. The molecule has 0 aromatic heterocycles. The number of nitrogens with one attached hydrogen (secondary N) is 2. The lowest BCUT2D eigenvalue weighted by Crippen LogP contribution is -2.35. The van der Waals surface area contributed by atoms with Crippen LogP contribution in [0.3, 0.4) is 0 Å². The highest BCUT2D eigenvalue weighted by Crippen LogP contribution is 2.21. The fraction of sp³-hybridized carbons (Fsp3) is 0.500. The van der Waals surface area contributed by atoms with Crippen molar-refractivity contribution in [2.24, 2.45) is 5.73 Å². The van der Waals surface area contributed by atoms with Gasteiger partial charge in [-0.15, -0.1) is 0 Å². The summed E-state index contributed by atoms with van der Waals surface area (Å²) in [6.45, 7) is 2.18. The first-order valence-corrected chi connectivity index (χ1v) is 7.81. The molecule has 2 atom stereocenters. The van der Waals surface area contributed by atoms with Crippen LogP contribution < -0.4 is 16.4 Å². The fourth-order valence-electron chi connectivity index (χ4n) is 2.32. The second-order valence-electron chi connectivity index (χ2n) is 4.91. The van der Waals surface area contributed by atoms with Crippen LogP contribution in [-0.2, 0) is 0 Å². The van der Waals surface area contributed by atoms with Crippen LogP contribution in [0.5, 0.6) is 0 Å². The molecule has 1 aromatic rings. The summed E-state index contributed by atoms with van der Waals surface area (Å²) < 4.78 is 0. The number of rotatable bonds is 4. The van der Waals surface area contributed by atoms with E-state index in [1.165, 1.54) is 29.9 Å². The van der Waals surface area contributed by atoms with Gasteiger partial charge in [0.05, 0.1) is 0 Å². The Morgan fingerprint density at radius 3 is 2.74 bits per heavy atom. The summed E-state index contributed by atoms with van der Waals surface area (Å²) in [7, 11) is 0. The number of hydrogen-bond donors (Lipinski definition) is 3. The molecule has 1 aliphatic rings. The molecule has 1 aromatic carbocycles. The van der Waals surface area contributed by atoms with Gasteiger partial charge in [-0.05, 0) is 43.2 Å². The van der Waals surface area contributed by atoms with Crippen molar-refractivity contribution >= 4 is 23.5 Å². The first-order valence-electron chi connectivity index (χ1n) is 6.65. The van der Waals surface area contributed by atoms with Crippen molar-refractivity contribution in [3.05, 3.63) is 29.8 Å². The number of carbonyl (C=O) groups is 1. The molecule has 19 heavy (non-hydrogen) atoms. The molecule has 0 radical (unpaired) electrons. The Bertz CT molecular complexity index is 415. The maximum Gasteiger partial charge on any atom is 0.316 e. The van der Waals surface area contributed by atoms with Crippen molar-refractivity contribution in [1.82, 2.24) is 5.32 Å². The van der Waals surface area contributed by atoms with Crippen LogP contribution >= 0.6 is 11.8 Å². The number of nitrogens with two attached hydrogens (primary N) is 1. The third-order valence-electron chi connectivity index (χ3n) is 3.32. The summed E-state index contributed by atoms with van der Waals surface area (Å²) in [5.74, 6) is 2.49. The maximum absolute atomic E-state index is 10.7. The van der Waals surface area contributed by atoms with E-state index in [1.807, 2.05) is 36.0 Å². The van der Waals surface area contributed by atoms with E-state index in [4.69, 9.17) is 5.73 Å². The minimum atomic E-state index is -0.529. The topological polar surface area (TPSA) is 67.2 Å². The van der Waals surface area contributed by atoms with Gasteiger partial charge in [0.1, 0.15) is 0 Å². The quantitative estimate of drug-likeness (QED) is 0.794. The van der Waals surface area contributed by atoms with Gasteiger partial charge in [-0.3, -0.25) is 0 Å². The number of urea groups is 1. The highest BCUT2D eigenvalue weighted by atomic mass is 32.2. The van der Waals surface area contributed by atoms with Gasteiger partial charge in [0.25, 0.3) is 0 Å². The number of benzene rings is 1. The van der Waals surface area contributed by atoms with E-state index in [0.717, 1.165) is 5.69 Å². The molecule has 0 saturated carbocycles. The van der Waals surface area contributed by atoms with Crippen molar-refractivity contribution in [2.45, 2.75) is 31.8 Å². The van der Waals surface area contributed by atoms with Crippen molar-refractivity contribution in [3.63, 3.8) is 0 Å². The standard InChI is InChI=1S/C14H21N3OS/c1-10(16-13-3-2-8-19-9-13)11-4-6-12(7-5-11)17-14(15)18/h4-7,10,13,16H,2-3,8-9H2,1H3,(H3,15,17,18). The van der Waals surface area contributed by atoms with Crippen LogP contribution in [0.2, 0.25) is 0 Å².